The summed E-state index contributed by atoms with van der Waals surface area (Å²) in [5.74, 6) is 2.91. The lowest BCUT2D eigenvalue weighted by Gasteiger charge is -2.35. The Balaban J connectivity index is 3.09. The molecule has 0 heterocycles. The van der Waals surface area contributed by atoms with E-state index in [4.69, 9.17) is 9.47 Å². The van der Waals surface area contributed by atoms with E-state index in [1.807, 2.05) is 0 Å². The summed E-state index contributed by atoms with van der Waals surface area (Å²) in [6, 6.07) is 6.08. The molecule has 10 nitrogen and oxygen atoms in total. The Morgan fingerprint density at radius 2 is 1.55 bits per heavy atom. The van der Waals surface area contributed by atoms with Gasteiger partial charge in [-0.3, -0.25) is 14.4 Å². The normalized spacial score (nSPS) is 13.7. The zero-order valence-electron chi connectivity index (χ0n) is 32.2. The van der Waals surface area contributed by atoms with E-state index < -0.39 is 48.1 Å². The van der Waals surface area contributed by atoms with Crippen LogP contribution in [0.5, 0.6) is 5.75 Å². The minimum Gasteiger partial charge on any atom is -0.481 e. The number of allylic oxidation sites excluding steroid dienone is 1. The molecule has 1 aromatic carbocycles. The zero-order chi connectivity index (χ0) is 38.3. The van der Waals surface area contributed by atoms with E-state index in [-0.39, 0.29) is 18.9 Å². The van der Waals surface area contributed by atoms with Gasteiger partial charge in [0.25, 0.3) is 0 Å². The molecule has 1 aromatic rings. The van der Waals surface area contributed by atoms with Gasteiger partial charge < -0.3 is 29.9 Å². The Bertz CT molecular complexity index is 1290. The van der Waals surface area contributed by atoms with Crippen molar-refractivity contribution in [1.29, 1.82) is 0 Å². The van der Waals surface area contributed by atoms with Crippen molar-refractivity contribution in [2.45, 2.75) is 142 Å². The van der Waals surface area contributed by atoms with Crippen LogP contribution in [0.4, 0.5) is 0 Å². The second-order valence-electron chi connectivity index (χ2n) is 14.3. The van der Waals surface area contributed by atoms with Crippen LogP contribution < -0.4 is 10.1 Å². The van der Waals surface area contributed by atoms with Crippen LogP contribution in [0, 0.1) is 17.8 Å². The molecular formula is C41H64N2O8. The number of carbonyl (C=O) groups is 4. The summed E-state index contributed by atoms with van der Waals surface area (Å²) in [6.07, 6.45) is 13.8. The number of unbranched alkanes of at least 4 members (excludes halogenated alkanes) is 8. The molecule has 51 heavy (non-hydrogen) atoms. The molecule has 0 fully saturated rings. The van der Waals surface area contributed by atoms with Gasteiger partial charge in [0, 0.05) is 46.4 Å². The summed E-state index contributed by atoms with van der Waals surface area (Å²) < 4.78 is 11.1. The van der Waals surface area contributed by atoms with Crippen molar-refractivity contribution in [3.8, 4) is 17.6 Å². The number of ketones is 1. The third-order valence-electron chi connectivity index (χ3n) is 8.41. The zero-order valence-corrected chi connectivity index (χ0v) is 32.2. The Morgan fingerprint density at radius 1 is 0.941 bits per heavy atom. The first-order valence-corrected chi connectivity index (χ1v) is 18.6. The molecule has 0 bridgehead atoms. The number of aliphatic hydroxyl groups is 2. The minimum absolute atomic E-state index is 0.139. The lowest BCUT2D eigenvalue weighted by molar-refractivity contribution is -0.185. The van der Waals surface area contributed by atoms with E-state index in [0.29, 0.717) is 30.8 Å². The number of ether oxygens (including phenoxy) is 2. The predicted octanol–water partition coefficient (Wildman–Crippen LogP) is 6.10. The molecule has 3 N–H and O–H groups in total. The smallest absolute Gasteiger partial charge is 0.339 e. The van der Waals surface area contributed by atoms with E-state index in [2.05, 4.69) is 24.1 Å². The van der Waals surface area contributed by atoms with Gasteiger partial charge in [-0.25, -0.2) is 4.79 Å². The summed E-state index contributed by atoms with van der Waals surface area (Å²) in [7, 11) is 3.16. The Labute approximate surface area is 306 Å². The van der Waals surface area contributed by atoms with Crippen molar-refractivity contribution in [3.63, 3.8) is 0 Å². The molecule has 10 heteroatoms. The van der Waals surface area contributed by atoms with Crippen molar-refractivity contribution in [2.24, 2.45) is 5.92 Å². The lowest BCUT2D eigenvalue weighted by atomic mass is 9.82. The van der Waals surface area contributed by atoms with Crippen LogP contribution in [0.1, 0.15) is 124 Å². The van der Waals surface area contributed by atoms with Crippen LogP contribution in [0.25, 0.3) is 0 Å². The maximum Gasteiger partial charge on any atom is 0.339 e. The summed E-state index contributed by atoms with van der Waals surface area (Å²) in [6.45, 7) is 8.52. The third kappa shape index (κ3) is 18.4. The van der Waals surface area contributed by atoms with E-state index in [9.17, 15) is 29.4 Å². The first kappa shape index (κ1) is 45.3. The number of benzene rings is 1. The highest BCUT2D eigenvalue weighted by molar-refractivity contribution is 5.94. The molecule has 286 valence electrons. The van der Waals surface area contributed by atoms with Gasteiger partial charge in [-0.05, 0) is 71.1 Å². The fourth-order valence-electron chi connectivity index (χ4n) is 5.53. The number of nitrogens with one attached hydrogen (secondary N) is 1. The molecule has 0 aliphatic rings. The Kier molecular flexibility index (Phi) is 21.8. The van der Waals surface area contributed by atoms with Crippen molar-refractivity contribution >= 4 is 23.6 Å². The number of Topliss-reactive ketones (excluding diaryl/α,β-unsaturated/α-hetero) is 1. The Hall–Kier alpha value is -3.68. The standard InChI is InChI=1S/C41H64N2O8/c1-8-10-12-15-18-21-33(45)22-19-16-13-14-17-20-23-35(41(49,28-29-44)39(48)51-40(3,4)5)37(46)42-36(38(47)43(6)7)31-32-24-26-34(27-25-32)50-30-11-9-2/h20,23-27,35-36,44,49H,8,10,12-19,21-22,28-31H2,1-7H3,(H,42,46)/t35-,36+,41+/m1/s1. The van der Waals surface area contributed by atoms with Gasteiger partial charge in [0.15, 0.2) is 5.60 Å². The van der Waals surface area contributed by atoms with Gasteiger partial charge in [0.1, 0.15) is 29.8 Å². The minimum atomic E-state index is -2.40. The summed E-state index contributed by atoms with van der Waals surface area (Å²) >= 11 is 0. The second-order valence-corrected chi connectivity index (χ2v) is 14.3. The van der Waals surface area contributed by atoms with Crippen molar-refractivity contribution < 1.29 is 38.9 Å². The van der Waals surface area contributed by atoms with Gasteiger partial charge in [-0.15, -0.1) is 5.92 Å². The fourth-order valence-corrected chi connectivity index (χ4v) is 5.53. The number of hydrogen-bond acceptors (Lipinski definition) is 8. The largest absolute Gasteiger partial charge is 0.481 e. The molecule has 3 atom stereocenters. The number of rotatable bonds is 25. The molecule has 0 aliphatic heterocycles. The number of amides is 2. The van der Waals surface area contributed by atoms with E-state index >= 15 is 0 Å². The van der Waals surface area contributed by atoms with Gasteiger partial charge >= 0.3 is 5.97 Å². The molecule has 0 spiro atoms. The van der Waals surface area contributed by atoms with Crippen molar-refractivity contribution in [2.75, 3.05) is 27.3 Å². The van der Waals surface area contributed by atoms with Gasteiger partial charge in [0.2, 0.25) is 11.8 Å². The van der Waals surface area contributed by atoms with E-state index in [1.54, 1.807) is 72.1 Å². The van der Waals surface area contributed by atoms with Gasteiger partial charge in [-0.2, -0.15) is 0 Å². The number of likely N-dealkylation sites (N-methyl/N-ethyl adjacent to an activating group) is 1. The van der Waals surface area contributed by atoms with Crippen LogP contribution >= 0.6 is 0 Å². The highest BCUT2D eigenvalue weighted by atomic mass is 16.6. The molecule has 0 saturated carbocycles. The first-order valence-electron chi connectivity index (χ1n) is 18.6. The van der Waals surface area contributed by atoms with Crippen molar-refractivity contribution in [3.05, 3.63) is 42.0 Å². The van der Waals surface area contributed by atoms with Crippen LogP contribution in [-0.2, 0) is 30.3 Å². The number of carbonyl (C=O) groups excluding carboxylic acids is 4. The number of hydrogen-bond donors (Lipinski definition) is 3. The van der Waals surface area contributed by atoms with Crippen molar-refractivity contribution in [1.82, 2.24) is 10.2 Å². The van der Waals surface area contributed by atoms with Gasteiger partial charge in [0.05, 0.1) is 5.92 Å². The Morgan fingerprint density at radius 3 is 2.10 bits per heavy atom. The molecule has 0 saturated heterocycles. The molecule has 0 radical (unpaired) electrons. The molecule has 0 aromatic heterocycles. The average molecular weight is 713 g/mol. The monoisotopic (exact) mass is 712 g/mol. The fraction of sp³-hybridized carbons (Fsp3) is 0.659. The topological polar surface area (TPSA) is 142 Å². The molecule has 0 unspecified atom stereocenters. The molecule has 0 aliphatic carbocycles. The quantitative estimate of drug-likeness (QED) is 0.0478. The maximum absolute atomic E-state index is 14.0. The molecular weight excluding hydrogens is 648 g/mol. The summed E-state index contributed by atoms with van der Waals surface area (Å²) in [5.41, 5.74) is -2.61. The van der Waals surface area contributed by atoms with E-state index in [0.717, 1.165) is 44.1 Å². The van der Waals surface area contributed by atoms with Crippen LogP contribution in [-0.4, -0.2) is 83.2 Å². The number of esters is 1. The predicted molar refractivity (Wildman–Crippen MR) is 201 cm³/mol. The van der Waals surface area contributed by atoms with Crippen LogP contribution in [0.15, 0.2) is 36.4 Å². The highest BCUT2D eigenvalue weighted by Gasteiger charge is 2.49. The van der Waals surface area contributed by atoms with Crippen LogP contribution in [0.2, 0.25) is 0 Å². The summed E-state index contributed by atoms with van der Waals surface area (Å²) in [4.78, 5) is 54.3. The maximum atomic E-state index is 14.0. The molecule has 1 rings (SSSR count). The lowest BCUT2D eigenvalue weighted by Crippen LogP contribution is -2.57. The second kappa shape index (κ2) is 24.5. The number of aliphatic hydroxyl groups excluding tert-OH is 1. The SMILES string of the molecule is CC#CCOc1ccc(C[C@H](NC(=O)[C@@H](C=CCCCCCCC(=O)CCCCCCC)[C@@](O)(CCO)C(=O)OC(C)(C)C)C(=O)N(C)C)cc1. The van der Waals surface area contributed by atoms with Crippen LogP contribution in [0.3, 0.4) is 0 Å². The van der Waals surface area contributed by atoms with Gasteiger partial charge in [-0.1, -0.05) is 75.7 Å². The highest BCUT2D eigenvalue weighted by Crippen LogP contribution is 2.29. The third-order valence-corrected chi connectivity index (χ3v) is 8.41. The number of nitrogens with zero attached hydrogens (tertiary/aromatic N) is 1. The average Bonchev–Trinajstić information content (AvgIpc) is 3.06. The first-order chi connectivity index (χ1) is 24.2. The molecule has 2 amide bonds. The van der Waals surface area contributed by atoms with E-state index in [1.165, 1.54) is 30.2 Å². The summed E-state index contributed by atoms with van der Waals surface area (Å²) in [5, 5.41) is 24.4.